The molecule has 1 amide bonds. The number of rotatable bonds is 63. The average molecular weight is 1130 g/mol. The number of nitrogens with one attached hydrogen (secondary N) is 1. The molecule has 0 saturated carbocycles. The first kappa shape index (κ1) is 77.2. The molecular formula is C70H134N2O6P+. The van der Waals surface area contributed by atoms with Gasteiger partial charge in [0.15, 0.2) is 0 Å². The van der Waals surface area contributed by atoms with Gasteiger partial charge < -0.3 is 19.8 Å². The molecule has 3 unspecified atom stereocenters. The molecule has 0 heterocycles. The van der Waals surface area contributed by atoms with Crippen molar-refractivity contribution in [3.05, 3.63) is 60.8 Å². The molecule has 0 rings (SSSR count). The molecule has 0 saturated heterocycles. The van der Waals surface area contributed by atoms with Gasteiger partial charge in [-0.1, -0.05) is 312 Å². The number of quaternary nitrogens is 1. The van der Waals surface area contributed by atoms with Crippen LogP contribution in [0.5, 0.6) is 0 Å². The third-order valence-corrected chi connectivity index (χ3v) is 16.4. The maximum Gasteiger partial charge on any atom is 0.472 e. The van der Waals surface area contributed by atoms with Crippen LogP contribution < -0.4 is 5.32 Å². The lowest BCUT2D eigenvalue weighted by Gasteiger charge is -2.25. The van der Waals surface area contributed by atoms with Gasteiger partial charge in [-0.05, 0) is 70.6 Å². The van der Waals surface area contributed by atoms with E-state index in [4.69, 9.17) is 9.05 Å². The van der Waals surface area contributed by atoms with Crippen molar-refractivity contribution < 1.29 is 32.9 Å². The summed E-state index contributed by atoms with van der Waals surface area (Å²) in [6.07, 6.45) is 83.6. The molecule has 79 heavy (non-hydrogen) atoms. The number of hydrogen-bond acceptors (Lipinski definition) is 5. The summed E-state index contributed by atoms with van der Waals surface area (Å²) in [5.41, 5.74) is 0. The lowest BCUT2D eigenvalue weighted by molar-refractivity contribution is -0.870. The fourth-order valence-electron chi connectivity index (χ4n) is 10.1. The van der Waals surface area contributed by atoms with Crippen LogP contribution in [0.1, 0.15) is 328 Å². The maximum absolute atomic E-state index is 13.0. The first-order chi connectivity index (χ1) is 38.5. The molecule has 3 atom stereocenters. The summed E-state index contributed by atoms with van der Waals surface area (Å²) in [4.78, 5) is 23.4. The standard InChI is InChI=1S/C70H133N2O6P/c1-6-8-10-12-14-16-18-20-22-24-26-28-30-32-34-36-38-40-42-44-46-48-50-52-54-56-58-60-62-64-70(74)71-68(67-78-79(75,76)77-66-65-72(3,4)5)69(73)63-61-59-57-55-53-51-49-47-45-43-41-39-37-35-33-31-29-27-25-23-21-19-17-15-13-11-9-7-2/h18,20,24,26,30,32,53,55,61,63,68-69,73H,6-17,19,21-23,25,27-29,31,33-52,54,56-60,62,64-67H2,1-5H3,(H-,71,74,75,76)/p+1/b20-18-,26-24-,32-30-,55-53+,63-61+. The van der Waals surface area contributed by atoms with Crippen LogP contribution in [0.4, 0.5) is 0 Å². The second kappa shape index (κ2) is 60.8. The summed E-state index contributed by atoms with van der Waals surface area (Å²) in [5, 5.41) is 14.0. The first-order valence-corrected chi connectivity index (χ1v) is 35.7. The third kappa shape index (κ3) is 63.6. The highest BCUT2D eigenvalue weighted by molar-refractivity contribution is 7.47. The zero-order valence-electron chi connectivity index (χ0n) is 53.1. The SMILES string of the molecule is CCCCCCC/C=C\C/C=C\C/C=C\CCCCCCCCCCCCCCCCC(=O)NC(COP(=O)(O)OCC[N+](C)(C)C)C(O)/C=C/CC/C=C/CCCCCCCCCCCCCCCCCCCCCCCC. The lowest BCUT2D eigenvalue weighted by atomic mass is 10.0. The van der Waals surface area contributed by atoms with Gasteiger partial charge in [0, 0.05) is 6.42 Å². The van der Waals surface area contributed by atoms with Crippen molar-refractivity contribution in [2.45, 2.75) is 341 Å². The number of aliphatic hydroxyl groups is 1. The molecule has 0 spiro atoms. The van der Waals surface area contributed by atoms with E-state index in [1.807, 2.05) is 27.2 Å². The predicted octanol–water partition coefficient (Wildman–Crippen LogP) is 21.6. The number of allylic oxidation sites excluding steroid dienone is 9. The van der Waals surface area contributed by atoms with E-state index in [0.717, 1.165) is 51.4 Å². The van der Waals surface area contributed by atoms with Crippen molar-refractivity contribution in [3.63, 3.8) is 0 Å². The van der Waals surface area contributed by atoms with Gasteiger partial charge in [-0.15, -0.1) is 0 Å². The molecule has 9 heteroatoms. The number of likely N-dealkylation sites (N-methyl/N-ethyl adjacent to an activating group) is 1. The molecule has 0 aromatic rings. The number of amides is 1. The largest absolute Gasteiger partial charge is 0.472 e. The topological polar surface area (TPSA) is 105 Å². The fourth-order valence-corrected chi connectivity index (χ4v) is 10.9. The maximum atomic E-state index is 13.0. The van der Waals surface area contributed by atoms with Crippen LogP contribution in [0.15, 0.2) is 60.8 Å². The van der Waals surface area contributed by atoms with Crippen molar-refractivity contribution in [2.24, 2.45) is 0 Å². The number of aliphatic hydroxyl groups excluding tert-OH is 1. The molecule has 8 nitrogen and oxygen atoms in total. The summed E-state index contributed by atoms with van der Waals surface area (Å²) in [6, 6.07) is -0.867. The second-order valence-electron chi connectivity index (χ2n) is 24.5. The van der Waals surface area contributed by atoms with E-state index in [0.29, 0.717) is 17.4 Å². The Labute approximate surface area is 492 Å². The molecule has 0 radical (unpaired) electrons. The van der Waals surface area contributed by atoms with E-state index in [1.54, 1.807) is 6.08 Å². The quantitative estimate of drug-likeness (QED) is 0.0243. The van der Waals surface area contributed by atoms with Crippen molar-refractivity contribution in [1.29, 1.82) is 0 Å². The Morgan fingerprint density at radius 1 is 0.430 bits per heavy atom. The predicted molar refractivity (Wildman–Crippen MR) is 346 cm³/mol. The number of nitrogens with zero attached hydrogens (tertiary/aromatic N) is 1. The number of carbonyl (C=O) groups excluding carboxylic acids is 1. The normalized spacial score (nSPS) is 14.1. The van der Waals surface area contributed by atoms with Crippen LogP contribution in [0.25, 0.3) is 0 Å². The second-order valence-corrected chi connectivity index (χ2v) is 26.0. The van der Waals surface area contributed by atoms with Gasteiger partial charge >= 0.3 is 7.82 Å². The van der Waals surface area contributed by atoms with Crippen molar-refractivity contribution in [1.82, 2.24) is 5.32 Å². The zero-order valence-corrected chi connectivity index (χ0v) is 54.0. The van der Waals surface area contributed by atoms with E-state index in [1.165, 1.54) is 257 Å². The van der Waals surface area contributed by atoms with Crippen molar-refractivity contribution in [2.75, 3.05) is 40.9 Å². The van der Waals surface area contributed by atoms with Gasteiger partial charge in [0.25, 0.3) is 0 Å². The third-order valence-electron chi connectivity index (χ3n) is 15.5. The van der Waals surface area contributed by atoms with Gasteiger partial charge in [0.05, 0.1) is 39.9 Å². The number of phosphoric acid groups is 1. The van der Waals surface area contributed by atoms with Crippen LogP contribution >= 0.6 is 7.82 Å². The average Bonchev–Trinajstić information content (AvgIpc) is 3.42. The van der Waals surface area contributed by atoms with Crippen LogP contribution in [0.3, 0.4) is 0 Å². The highest BCUT2D eigenvalue weighted by atomic mass is 31.2. The van der Waals surface area contributed by atoms with E-state index < -0.39 is 20.0 Å². The summed E-state index contributed by atoms with van der Waals surface area (Å²) in [7, 11) is 1.56. The molecule has 3 N–H and O–H groups in total. The molecule has 0 aliphatic rings. The number of phosphoric ester groups is 1. The summed E-state index contributed by atoms with van der Waals surface area (Å²) >= 11 is 0. The Morgan fingerprint density at radius 2 is 0.734 bits per heavy atom. The molecule has 0 fully saturated rings. The van der Waals surface area contributed by atoms with Gasteiger partial charge in [-0.3, -0.25) is 13.8 Å². The van der Waals surface area contributed by atoms with Crippen LogP contribution in [-0.2, 0) is 18.4 Å². The van der Waals surface area contributed by atoms with Gasteiger partial charge in [0.1, 0.15) is 13.2 Å². The van der Waals surface area contributed by atoms with Crippen molar-refractivity contribution in [3.8, 4) is 0 Å². The van der Waals surface area contributed by atoms with E-state index in [9.17, 15) is 19.4 Å². The minimum absolute atomic E-state index is 0.0553. The lowest BCUT2D eigenvalue weighted by Crippen LogP contribution is -2.45. The Morgan fingerprint density at radius 3 is 1.10 bits per heavy atom. The van der Waals surface area contributed by atoms with Crippen LogP contribution in [0.2, 0.25) is 0 Å². The van der Waals surface area contributed by atoms with E-state index >= 15 is 0 Å². The van der Waals surface area contributed by atoms with Crippen LogP contribution in [0, 0.1) is 0 Å². The molecule has 0 bridgehead atoms. The Kier molecular flexibility index (Phi) is 59.4. The zero-order chi connectivity index (χ0) is 57.7. The summed E-state index contributed by atoms with van der Waals surface area (Å²) in [6.45, 7) is 4.82. The Balaban J connectivity index is 4.13. The van der Waals surface area contributed by atoms with Gasteiger partial charge in [0.2, 0.25) is 5.91 Å². The molecular weight excluding hydrogens is 996 g/mol. The number of hydrogen-bond donors (Lipinski definition) is 3. The summed E-state index contributed by atoms with van der Waals surface area (Å²) in [5.74, 6) is -0.184. The fraction of sp³-hybridized carbons (Fsp3) is 0.843. The number of carbonyl (C=O) groups is 1. The monoisotopic (exact) mass is 1130 g/mol. The van der Waals surface area contributed by atoms with Gasteiger partial charge in [-0.25, -0.2) is 4.57 Å². The molecule has 0 aliphatic heterocycles. The first-order valence-electron chi connectivity index (χ1n) is 34.2. The van der Waals surface area contributed by atoms with Gasteiger partial charge in [-0.2, -0.15) is 0 Å². The molecule has 464 valence electrons. The highest BCUT2D eigenvalue weighted by Crippen LogP contribution is 2.43. The van der Waals surface area contributed by atoms with E-state index in [-0.39, 0.29) is 19.1 Å². The smallest absolute Gasteiger partial charge is 0.387 e. The summed E-state index contributed by atoms with van der Waals surface area (Å²) < 4.78 is 23.8. The minimum atomic E-state index is -4.36. The van der Waals surface area contributed by atoms with Crippen LogP contribution in [-0.4, -0.2) is 73.4 Å². The molecule has 0 aromatic heterocycles. The minimum Gasteiger partial charge on any atom is -0.387 e. The Bertz CT molecular complexity index is 1470. The van der Waals surface area contributed by atoms with E-state index in [2.05, 4.69) is 67.8 Å². The Hall–Kier alpha value is -1.80. The highest BCUT2D eigenvalue weighted by Gasteiger charge is 2.28. The number of unbranched alkanes of at least 4 members (excludes halogenated alkanes) is 42. The molecule has 0 aromatic carbocycles. The van der Waals surface area contributed by atoms with Crippen molar-refractivity contribution >= 4 is 13.7 Å². The molecule has 0 aliphatic carbocycles.